The van der Waals surface area contributed by atoms with Gasteiger partial charge in [-0.15, -0.1) is 0 Å². The number of carboxylic acid groups (broad SMARTS) is 1. The Morgan fingerprint density at radius 1 is 1.32 bits per heavy atom. The van der Waals surface area contributed by atoms with Crippen LogP contribution in [-0.2, 0) is 9.59 Å². The van der Waals surface area contributed by atoms with Gasteiger partial charge in [-0.05, 0) is 49.1 Å². The van der Waals surface area contributed by atoms with E-state index in [0.29, 0.717) is 6.42 Å². The van der Waals surface area contributed by atoms with Crippen molar-refractivity contribution in [1.29, 1.82) is 0 Å². The van der Waals surface area contributed by atoms with Crippen molar-refractivity contribution >= 4 is 23.6 Å². The molecular weight excluding hydrogens is 242 g/mol. The average molecular weight is 259 g/mol. The van der Waals surface area contributed by atoms with E-state index in [1.807, 2.05) is 25.1 Å². The first-order chi connectivity index (χ1) is 9.06. The van der Waals surface area contributed by atoms with Crippen LogP contribution in [0.5, 0.6) is 0 Å². The van der Waals surface area contributed by atoms with Crippen LogP contribution in [0.1, 0.15) is 30.4 Å². The Labute approximate surface area is 112 Å². The molecule has 0 aromatic heterocycles. The highest BCUT2D eigenvalue weighted by Crippen LogP contribution is 2.24. The van der Waals surface area contributed by atoms with E-state index in [9.17, 15) is 9.59 Å². The minimum atomic E-state index is -0.975. The number of piperidine rings is 1. The molecule has 4 heteroatoms. The molecule has 1 aromatic rings. The van der Waals surface area contributed by atoms with Crippen molar-refractivity contribution < 1.29 is 14.7 Å². The highest BCUT2D eigenvalue weighted by atomic mass is 16.4. The van der Waals surface area contributed by atoms with E-state index < -0.39 is 5.97 Å². The third kappa shape index (κ3) is 3.44. The molecule has 1 aromatic carbocycles. The maximum Gasteiger partial charge on any atom is 0.328 e. The molecule has 0 spiro atoms. The van der Waals surface area contributed by atoms with Crippen LogP contribution in [0.15, 0.2) is 24.3 Å². The molecular formula is C15H17NO3. The summed E-state index contributed by atoms with van der Waals surface area (Å²) in [5.74, 6) is -0.831. The molecule has 2 rings (SSSR count). The fourth-order valence-electron chi connectivity index (χ4n) is 2.29. The van der Waals surface area contributed by atoms with Crippen molar-refractivity contribution in [2.75, 3.05) is 11.4 Å². The van der Waals surface area contributed by atoms with E-state index in [0.717, 1.165) is 42.3 Å². The van der Waals surface area contributed by atoms with Gasteiger partial charge in [0.1, 0.15) is 0 Å². The first-order valence-corrected chi connectivity index (χ1v) is 6.39. The Balaban J connectivity index is 2.30. The number of rotatable bonds is 3. The lowest BCUT2D eigenvalue weighted by Crippen LogP contribution is -2.35. The van der Waals surface area contributed by atoms with Gasteiger partial charge in [-0.25, -0.2) is 4.79 Å². The van der Waals surface area contributed by atoms with Crippen LogP contribution in [-0.4, -0.2) is 23.5 Å². The molecule has 0 saturated carbocycles. The van der Waals surface area contributed by atoms with Crippen LogP contribution in [0.25, 0.3) is 6.08 Å². The number of hydrogen-bond acceptors (Lipinski definition) is 2. The van der Waals surface area contributed by atoms with Crippen molar-refractivity contribution in [3.05, 3.63) is 35.4 Å². The van der Waals surface area contributed by atoms with E-state index in [1.165, 1.54) is 0 Å². The molecule has 1 heterocycles. The first-order valence-electron chi connectivity index (χ1n) is 6.39. The third-order valence-corrected chi connectivity index (χ3v) is 3.14. The van der Waals surface area contributed by atoms with E-state index in [1.54, 1.807) is 11.0 Å². The fraction of sp³-hybridized carbons (Fsp3) is 0.333. The van der Waals surface area contributed by atoms with Gasteiger partial charge in [0.15, 0.2) is 0 Å². The molecule has 1 saturated heterocycles. The Morgan fingerprint density at radius 2 is 2.11 bits per heavy atom. The lowest BCUT2D eigenvalue weighted by Gasteiger charge is -2.27. The second-order valence-electron chi connectivity index (χ2n) is 4.78. The van der Waals surface area contributed by atoms with Crippen LogP contribution >= 0.6 is 0 Å². The number of aryl methyl sites for hydroxylation is 1. The van der Waals surface area contributed by atoms with Gasteiger partial charge < -0.3 is 10.0 Å². The van der Waals surface area contributed by atoms with Gasteiger partial charge >= 0.3 is 5.97 Å². The molecule has 1 aliphatic heterocycles. The summed E-state index contributed by atoms with van der Waals surface area (Å²) in [4.78, 5) is 24.2. The second-order valence-corrected chi connectivity index (χ2v) is 4.78. The van der Waals surface area contributed by atoms with Crippen molar-refractivity contribution in [1.82, 2.24) is 0 Å². The van der Waals surface area contributed by atoms with Gasteiger partial charge in [0.25, 0.3) is 0 Å². The molecule has 1 amide bonds. The van der Waals surface area contributed by atoms with Gasteiger partial charge in [-0.3, -0.25) is 4.79 Å². The van der Waals surface area contributed by atoms with Gasteiger partial charge in [0, 0.05) is 24.7 Å². The fourth-order valence-corrected chi connectivity index (χ4v) is 2.29. The highest BCUT2D eigenvalue weighted by molar-refractivity contribution is 5.94. The number of carbonyl (C=O) groups is 2. The van der Waals surface area contributed by atoms with E-state index in [2.05, 4.69) is 0 Å². The summed E-state index contributed by atoms with van der Waals surface area (Å²) in [5, 5.41) is 8.65. The summed E-state index contributed by atoms with van der Waals surface area (Å²) < 4.78 is 0. The zero-order valence-corrected chi connectivity index (χ0v) is 10.9. The second kappa shape index (κ2) is 5.69. The molecule has 0 unspecified atom stereocenters. The van der Waals surface area contributed by atoms with E-state index >= 15 is 0 Å². The largest absolute Gasteiger partial charge is 0.478 e. The smallest absolute Gasteiger partial charge is 0.328 e. The van der Waals surface area contributed by atoms with Gasteiger partial charge in [-0.2, -0.15) is 0 Å². The molecule has 1 aliphatic rings. The van der Waals surface area contributed by atoms with Gasteiger partial charge in [0.2, 0.25) is 5.91 Å². The van der Waals surface area contributed by atoms with Crippen LogP contribution in [0.4, 0.5) is 5.69 Å². The standard InChI is InChI=1S/C15H17NO3/c1-11-8-12(5-6-15(18)19)10-13(9-11)16-7-3-2-4-14(16)17/h5-6,8-10H,2-4,7H2,1H3,(H,18,19)/b6-5+. The first kappa shape index (κ1) is 13.3. The maximum atomic E-state index is 11.9. The Morgan fingerprint density at radius 3 is 2.79 bits per heavy atom. The Kier molecular flexibility index (Phi) is 4.00. The van der Waals surface area contributed by atoms with Crippen LogP contribution in [0, 0.1) is 6.92 Å². The van der Waals surface area contributed by atoms with Crippen molar-refractivity contribution in [2.24, 2.45) is 0 Å². The number of hydrogen-bond donors (Lipinski definition) is 1. The van der Waals surface area contributed by atoms with E-state index in [4.69, 9.17) is 5.11 Å². The Hall–Kier alpha value is -2.10. The number of aliphatic carboxylic acids is 1. The summed E-state index contributed by atoms with van der Waals surface area (Å²) >= 11 is 0. The van der Waals surface area contributed by atoms with Crippen molar-refractivity contribution in [2.45, 2.75) is 26.2 Å². The predicted octanol–water partition coefficient (Wildman–Crippen LogP) is 2.61. The maximum absolute atomic E-state index is 11.9. The van der Waals surface area contributed by atoms with Crippen molar-refractivity contribution in [3.8, 4) is 0 Å². The topological polar surface area (TPSA) is 57.6 Å². The van der Waals surface area contributed by atoms with E-state index in [-0.39, 0.29) is 5.91 Å². The molecule has 0 radical (unpaired) electrons. The number of nitrogens with zero attached hydrogens (tertiary/aromatic N) is 1. The molecule has 1 N–H and O–H groups in total. The zero-order valence-electron chi connectivity index (χ0n) is 10.9. The minimum Gasteiger partial charge on any atom is -0.478 e. The summed E-state index contributed by atoms with van der Waals surface area (Å²) in [7, 11) is 0. The van der Waals surface area contributed by atoms with Crippen LogP contribution < -0.4 is 4.90 Å². The van der Waals surface area contributed by atoms with Gasteiger partial charge in [0.05, 0.1) is 0 Å². The molecule has 0 atom stereocenters. The summed E-state index contributed by atoms with van der Waals surface area (Å²) in [5.41, 5.74) is 2.67. The number of anilines is 1. The Bertz CT molecular complexity index is 534. The van der Waals surface area contributed by atoms with Crippen molar-refractivity contribution in [3.63, 3.8) is 0 Å². The number of carboxylic acids is 1. The SMILES string of the molecule is Cc1cc(/C=C/C(=O)O)cc(N2CCCCC2=O)c1. The summed E-state index contributed by atoms with van der Waals surface area (Å²) in [6.07, 6.45) is 5.21. The lowest BCUT2D eigenvalue weighted by atomic mass is 10.1. The third-order valence-electron chi connectivity index (χ3n) is 3.14. The average Bonchev–Trinajstić information content (AvgIpc) is 2.36. The van der Waals surface area contributed by atoms with Gasteiger partial charge in [-0.1, -0.05) is 6.07 Å². The van der Waals surface area contributed by atoms with Crippen LogP contribution in [0.2, 0.25) is 0 Å². The monoisotopic (exact) mass is 259 g/mol. The minimum absolute atomic E-state index is 0.144. The number of benzene rings is 1. The lowest BCUT2D eigenvalue weighted by molar-refractivity contribution is -0.131. The molecule has 0 bridgehead atoms. The summed E-state index contributed by atoms with van der Waals surface area (Å²) in [6.45, 7) is 2.68. The highest BCUT2D eigenvalue weighted by Gasteiger charge is 2.19. The number of amides is 1. The molecule has 0 aliphatic carbocycles. The quantitative estimate of drug-likeness (QED) is 0.849. The summed E-state index contributed by atoms with van der Waals surface area (Å²) in [6, 6.07) is 5.72. The molecule has 1 fully saturated rings. The normalized spacial score (nSPS) is 16.1. The predicted molar refractivity (Wildman–Crippen MR) is 74.1 cm³/mol. The van der Waals surface area contributed by atoms with Crippen LogP contribution in [0.3, 0.4) is 0 Å². The molecule has 4 nitrogen and oxygen atoms in total. The molecule has 19 heavy (non-hydrogen) atoms. The number of carbonyl (C=O) groups excluding carboxylic acids is 1. The zero-order chi connectivity index (χ0) is 13.8. The molecule has 100 valence electrons.